The lowest BCUT2D eigenvalue weighted by molar-refractivity contribution is -0.166. The summed E-state index contributed by atoms with van der Waals surface area (Å²) in [4.78, 5) is 17.2. The summed E-state index contributed by atoms with van der Waals surface area (Å²) in [6, 6.07) is 6.15. The first kappa shape index (κ1) is 22.5. The van der Waals surface area contributed by atoms with Gasteiger partial charge in [0.25, 0.3) is 0 Å². The Labute approximate surface area is 179 Å². The molecule has 0 aromatic heterocycles. The van der Waals surface area contributed by atoms with E-state index in [0.29, 0.717) is 19.1 Å². The normalized spacial score (nSPS) is 21.0. The molecule has 3 rings (SSSR count). The fourth-order valence-corrected chi connectivity index (χ4v) is 3.21. The topological polar surface area (TPSA) is 69.1 Å². The lowest BCUT2D eigenvalue weighted by atomic mass is 9.97. The Morgan fingerprint density at radius 3 is 2.80 bits per heavy atom. The number of nitrogens with one attached hydrogen (secondary N) is 1. The highest BCUT2D eigenvalue weighted by Gasteiger charge is 2.33. The molecule has 0 spiro atoms. The average Bonchev–Trinajstić information content (AvgIpc) is 2.83. The number of esters is 1. The molecule has 2 aliphatic heterocycles. The summed E-state index contributed by atoms with van der Waals surface area (Å²) >= 11 is 0. The van der Waals surface area contributed by atoms with Gasteiger partial charge in [-0.3, -0.25) is 4.79 Å². The van der Waals surface area contributed by atoms with Crippen molar-refractivity contribution in [1.29, 1.82) is 0 Å². The van der Waals surface area contributed by atoms with Crippen LogP contribution in [0.1, 0.15) is 46.6 Å². The number of ether oxygens (including phenoxy) is 3. The number of fused-ring (bicyclic) bond motifs is 2. The fourth-order valence-electron chi connectivity index (χ4n) is 3.21. The zero-order chi connectivity index (χ0) is 21.9. The summed E-state index contributed by atoms with van der Waals surface area (Å²) < 4.78 is 17.7. The van der Waals surface area contributed by atoms with Gasteiger partial charge in [-0.25, -0.2) is 4.99 Å². The maximum absolute atomic E-state index is 12.3. The molecule has 30 heavy (non-hydrogen) atoms. The lowest BCUT2D eigenvalue weighted by Gasteiger charge is -2.31. The molecular weight excluding hydrogens is 380 g/mol. The summed E-state index contributed by atoms with van der Waals surface area (Å²) in [6.45, 7) is 13.2. The number of benzene rings is 1. The molecule has 164 valence electrons. The highest BCUT2D eigenvalue weighted by atomic mass is 16.7. The van der Waals surface area contributed by atoms with Crippen molar-refractivity contribution in [3.63, 3.8) is 0 Å². The number of hydrogen-bond donors (Lipinski definition) is 1. The van der Waals surface area contributed by atoms with Gasteiger partial charge in [0.2, 0.25) is 0 Å². The third-order valence-electron chi connectivity index (χ3n) is 5.09. The molecule has 2 heterocycles. The smallest absolute Gasteiger partial charge is 0.311 e. The fraction of sp³-hybridized carbons (Fsp3) is 0.583. The zero-order valence-electron chi connectivity index (χ0n) is 19.0. The quantitative estimate of drug-likeness (QED) is 0.678. The summed E-state index contributed by atoms with van der Waals surface area (Å²) in [6.07, 6.45) is 1.97. The van der Waals surface area contributed by atoms with Crippen LogP contribution in [-0.2, 0) is 19.0 Å². The number of rotatable bonds is 6. The first-order valence-corrected chi connectivity index (χ1v) is 10.7. The molecule has 0 aliphatic carbocycles. The van der Waals surface area contributed by atoms with E-state index in [1.165, 1.54) is 0 Å². The molecule has 1 N–H and O–H groups in total. The molecule has 0 bridgehead atoms. The van der Waals surface area contributed by atoms with Gasteiger partial charge in [-0.2, -0.15) is 0 Å². The number of aliphatic imine (C=N–C) groups is 1. The molecule has 2 aliphatic rings. The molecule has 6 heteroatoms. The van der Waals surface area contributed by atoms with Gasteiger partial charge in [0.05, 0.1) is 29.1 Å². The van der Waals surface area contributed by atoms with Crippen LogP contribution in [0.4, 0.5) is 11.4 Å². The third kappa shape index (κ3) is 5.70. The second kappa shape index (κ2) is 9.31. The number of hydrogen-bond acceptors (Lipinski definition) is 6. The van der Waals surface area contributed by atoms with Crippen molar-refractivity contribution in [2.75, 3.05) is 25.1 Å². The molecule has 0 amide bonds. The molecule has 0 radical (unpaired) electrons. The number of anilines is 1. The van der Waals surface area contributed by atoms with Gasteiger partial charge in [-0.15, -0.1) is 0 Å². The molecule has 1 aromatic carbocycles. The van der Waals surface area contributed by atoms with Gasteiger partial charge in [0, 0.05) is 6.54 Å². The zero-order valence-corrected chi connectivity index (χ0v) is 19.0. The third-order valence-corrected chi connectivity index (χ3v) is 5.09. The second-order valence-electron chi connectivity index (χ2n) is 9.46. The van der Waals surface area contributed by atoms with Crippen LogP contribution in [0.5, 0.6) is 0 Å². The van der Waals surface area contributed by atoms with Crippen molar-refractivity contribution in [3.05, 3.63) is 35.4 Å². The van der Waals surface area contributed by atoms with Crippen molar-refractivity contribution in [1.82, 2.24) is 0 Å². The maximum atomic E-state index is 12.3. The Balaban J connectivity index is 1.85. The van der Waals surface area contributed by atoms with E-state index in [1.807, 2.05) is 45.9 Å². The molecular formula is C24H34N2O4. The first-order valence-electron chi connectivity index (χ1n) is 10.7. The standard InChI is InChI=1S/C24H34N2O4/c1-15(2)9-10-28-21-12-17-13-25-18-8-7-16(3)11-19(18)26-22(17)20(30-21)14-29-23(27)24(4,5)6/h7-8,11-12,15,20-21,25H,9-10,13-14H2,1-6H3/t20-,21+/m1/s1. The summed E-state index contributed by atoms with van der Waals surface area (Å²) in [5.41, 5.74) is 4.21. The van der Waals surface area contributed by atoms with Gasteiger partial charge in [-0.05, 0) is 69.4 Å². The molecule has 1 aromatic rings. The average molecular weight is 415 g/mol. The van der Waals surface area contributed by atoms with Gasteiger partial charge in [0.1, 0.15) is 12.7 Å². The van der Waals surface area contributed by atoms with Crippen molar-refractivity contribution in [3.8, 4) is 0 Å². The van der Waals surface area contributed by atoms with E-state index in [0.717, 1.165) is 34.6 Å². The first-order chi connectivity index (χ1) is 14.1. The van der Waals surface area contributed by atoms with Crippen LogP contribution in [0.25, 0.3) is 0 Å². The minimum Gasteiger partial charge on any atom is -0.462 e. The van der Waals surface area contributed by atoms with Crippen LogP contribution in [0.2, 0.25) is 0 Å². The van der Waals surface area contributed by atoms with E-state index in [1.54, 1.807) is 0 Å². The Bertz CT molecular complexity index is 836. The number of aryl methyl sites for hydroxylation is 1. The summed E-state index contributed by atoms with van der Waals surface area (Å²) in [7, 11) is 0. The highest BCUT2D eigenvalue weighted by molar-refractivity contribution is 6.07. The number of carbonyl (C=O) groups is 1. The summed E-state index contributed by atoms with van der Waals surface area (Å²) in [5.74, 6) is 0.294. The second-order valence-corrected chi connectivity index (χ2v) is 9.46. The number of nitrogens with zero attached hydrogens (tertiary/aromatic N) is 1. The molecule has 2 atom stereocenters. The van der Waals surface area contributed by atoms with E-state index >= 15 is 0 Å². The van der Waals surface area contributed by atoms with Gasteiger partial charge in [-0.1, -0.05) is 19.9 Å². The Morgan fingerprint density at radius 2 is 2.10 bits per heavy atom. The van der Waals surface area contributed by atoms with E-state index in [2.05, 4.69) is 25.2 Å². The molecule has 6 nitrogen and oxygen atoms in total. The molecule has 0 unspecified atom stereocenters. The van der Waals surface area contributed by atoms with Crippen molar-refractivity contribution >= 4 is 23.1 Å². The molecule has 0 saturated heterocycles. The van der Waals surface area contributed by atoms with Crippen LogP contribution in [0.15, 0.2) is 34.8 Å². The van der Waals surface area contributed by atoms with E-state index in [4.69, 9.17) is 19.2 Å². The largest absolute Gasteiger partial charge is 0.462 e. The number of carbonyl (C=O) groups excluding carboxylic acids is 1. The van der Waals surface area contributed by atoms with E-state index < -0.39 is 17.8 Å². The lowest BCUT2D eigenvalue weighted by Crippen LogP contribution is -2.41. The monoisotopic (exact) mass is 414 g/mol. The van der Waals surface area contributed by atoms with E-state index in [9.17, 15) is 4.79 Å². The Kier molecular flexibility index (Phi) is 6.98. The van der Waals surface area contributed by atoms with Crippen LogP contribution in [0, 0.1) is 18.3 Å². The highest BCUT2D eigenvalue weighted by Crippen LogP contribution is 2.32. The van der Waals surface area contributed by atoms with Crippen LogP contribution in [-0.4, -0.2) is 43.8 Å². The van der Waals surface area contributed by atoms with E-state index in [-0.39, 0.29) is 12.6 Å². The molecule has 0 fully saturated rings. The van der Waals surface area contributed by atoms with Crippen LogP contribution >= 0.6 is 0 Å². The Morgan fingerprint density at radius 1 is 1.33 bits per heavy atom. The maximum Gasteiger partial charge on any atom is 0.311 e. The van der Waals surface area contributed by atoms with Gasteiger partial charge in [0.15, 0.2) is 6.29 Å². The van der Waals surface area contributed by atoms with Gasteiger partial charge < -0.3 is 19.5 Å². The van der Waals surface area contributed by atoms with Crippen LogP contribution < -0.4 is 5.32 Å². The minimum atomic E-state index is -0.572. The SMILES string of the molecule is Cc1ccc2c(c1)N=C1C(=C[C@@H](OCCC(C)C)O[C@@H]1COC(=O)C(C)(C)C)CN2. The van der Waals surface area contributed by atoms with Crippen molar-refractivity contribution in [2.45, 2.75) is 60.4 Å². The predicted molar refractivity (Wildman–Crippen MR) is 119 cm³/mol. The summed E-state index contributed by atoms with van der Waals surface area (Å²) in [5, 5.41) is 3.45. The minimum absolute atomic E-state index is 0.109. The van der Waals surface area contributed by atoms with Crippen LogP contribution in [0.3, 0.4) is 0 Å². The van der Waals surface area contributed by atoms with Crippen molar-refractivity contribution in [2.24, 2.45) is 16.3 Å². The Hall–Kier alpha value is -2.18. The van der Waals surface area contributed by atoms with Crippen molar-refractivity contribution < 1.29 is 19.0 Å². The predicted octanol–water partition coefficient (Wildman–Crippen LogP) is 4.80. The molecule has 0 saturated carbocycles. The van der Waals surface area contributed by atoms with Gasteiger partial charge >= 0.3 is 5.97 Å².